The Bertz CT molecular complexity index is 312. The van der Waals surface area contributed by atoms with E-state index in [0.29, 0.717) is 12.0 Å². The Labute approximate surface area is 117 Å². The first-order chi connectivity index (χ1) is 9.02. The Morgan fingerprint density at radius 1 is 1.26 bits per heavy atom. The monoisotopic (exact) mass is 267 g/mol. The van der Waals surface area contributed by atoms with E-state index in [4.69, 9.17) is 0 Å². The average Bonchev–Trinajstić information content (AvgIpc) is 3.19. The fourth-order valence-electron chi connectivity index (χ4n) is 3.64. The molecule has 2 saturated carbocycles. The Kier molecular flexibility index (Phi) is 4.88. The lowest BCUT2D eigenvalue weighted by Crippen LogP contribution is -2.49. The molecule has 3 heteroatoms. The third kappa shape index (κ3) is 3.71. The van der Waals surface area contributed by atoms with Crippen molar-refractivity contribution < 1.29 is 9.90 Å². The number of carboxylic acids is 1. The second kappa shape index (κ2) is 6.25. The zero-order chi connectivity index (χ0) is 14.0. The van der Waals surface area contributed by atoms with Gasteiger partial charge in [0, 0.05) is 18.6 Å². The van der Waals surface area contributed by atoms with Gasteiger partial charge in [0.15, 0.2) is 0 Å². The van der Waals surface area contributed by atoms with Crippen molar-refractivity contribution in [3.63, 3.8) is 0 Å². The van der Waals surface area contributed by atoms with E-state index in [1.54, 1.807) is 0 Å². The summed E-state index contributed by atoms with van der Waals surface area (Å²) in [5, 5.41) is 9.53. The van der Waals surface area contributed by atoms with E-state index in [1.807, 2.05) is 0 Å². The summed E-state index contributed by atoms with van der Waals surface area (Å²) < 4.78 is 0. The highest BCUT2D eigenvalue weighted by molar-refractivity contribution is 5.71. The molecule has 19 heavy (non-hydrogen) atoms. The Hall–Kier alpha value is -0.570. The average molecular weight is 267 g/mol. The largest absolute Gasteiger partial charge is 0.481 e. The molecule has 3 atom stereocenters. The van der Waals surface area contributed by atoms with Gasteiger partial charge >= 0.3 is 5.97 Å². The first kappa shape index (κ1) is 14.8. The van der Waals surface area contributed by atoms with Crippen LogP contribution in [0.15, 0.2) is 0 Å². The first-order valence-electron chi connectivity index (χ1n) is 8.01. The number of rotatable bonds is 6. The molecule has 0 aliphatic heterocycles. The molecule has 0 amide bonds. The molecule has 2 aliphatic carbocycles. The summed E-state index contributed by atoms with van der Waals surface area (Å²) in [6, 6.07) is 0.955. The quantitative estimate of drug-likeness (QED) is 0.802. The predicted octanol–water partition coefficient (Wildman–Crippen LogP) is 3.39. The topological polar surface area (TPSA) is 40.5 Å². The van der Waals surface area contributed by atoms with Crippen molar-refractivity contribution in [3.05, 3.63) is 0 Å². The summed E-state index contributed by atoms with van der Waals surface area (Å²) in [4.78, 5) is 14.1. The molecule has 110 valence electrons. The molecule has 2 aliphatic rings. The SMILES string of the molecule is CCC1CCC(C(=O)O)C(N(CC(C)C)C2CC2)C1. The van der Waals surface area contributed by atoms with Crippen LogP contribution in [0.25, 0.3) is 0 Å². The molecule has 0 heterocycles. The molecule has 2 fully saturated rings. The van der Waals surface area contributed by atoms with Crippen LogP contribution >= 0.6 is 0 Å². The van der Waals surface area contributed by atoms with Gasteiger partial charge in [-0.25, -0.2) is 0 Å². The lowest BCUT2D eigenvalue weighted by atomic mass is 9.76. The second-order valence-corrected chi connectivity index (χ2v) is 6.92. The smallest absolute Gasteiger partial charge is 0.308 e. The van der Waals surface area contributed by atoms with E-state index >= 15 is 0 Å². The number of aliphatic carboxylic acids is 1. The van der Waals surface area contributed by atoms with Crippen LogP contribution in [0.3, 0.4) is 0 Å². The van der Waals surface area contributed by atoms with Crippen LogP contribution < -0.4 is 0 Å². The van der Waals surface area contributed by atoms with Crippen molar-refractivity contribution in [2.75, 3.05) is 6.54 Å². The molecular weight excluding hydrogens is 238 g/mol. The fourth-order valence-corrected chi connectivity index (χ4v) is 3.64. The molecule has 3 unspecified atom stereocenters. The summed E-state index contributed by atoms with van der Waals surface area (Å²) in [7, 11) is 0. The molecule has 0 radical (unpaired) electrons. The van der Waals surface area contributed by atoms with Crippen LogP contribution in [0.4, 0.5) is 0 Å². The summed E-state index contributed by atoms with van der Waals surface area (Å²) in [6.07, 6.45) is 6.81. The minimum absolute atomic E-state index is 0.137. The Morgan fingerprint density at radius 2 is 1.95 bits per heavy atom. The summed E-state index contributed by atoms with van der Waals surface area (Å²) in [5.41, 5.74) is 0. The summed E-state index contributed by atoms with van der Waals surface area (Å²) in [5.74, 6) is 0.641. The minimum Gasteiger partial charge on any atom is -0.481 e. The van der Waals surface area contributed by atoms with Crippen LogP contribution in [0.2, 0.25) is 0 Å². The number of carbonyl (C=O) groups is 1. The maximum absolute atomic E-state index is 11.6. The zero-order valence-electron chi connectivity index (χ0n) is 12.6. The van der Waals surface area contributed by atoms with Crippen molar-refractivity contribution >= 4 is 5.97 Å². The van der Waals surface area contributed by atoms with E-state index in [0.717, 1.165) is 31.7 Å². The molecule has 0 aromatic heterocycles. The van der Waals surface area contributed by atoms with Crippen molar-refractivity contribution in [3.8, 4) is 0 Å². The molecule has 2 rings (SSSR count). The molecule has 0 spiro atoms. The summed E-state index contributed by atoms with van der Waals surface area (Å²) in [6.45, 7) is 7.79. The Morgan fingerprint density at radius 3 is 2.42 bits per heavy atom. The van der Waals surface area contributed by atoms with E-state index in [1.165, 1.54) is 19.3 Å². The van der Waals surface area contributed by atoms with E-state index in [9.17, 15) is 9.90 Å². The molecule has 1 N–H and O–H groups in total. The highest BCUT2D eigenvalue weighted by Gasteiger charge is 2.42. The molecule has 0 aromatic carbocycles. The van der Waals surface area contributed by atoms with Gasteiger partial charge in [-0.3, -0.25) is 9.69 Å². The van der Waals surface area contributed by atoms with Gasteiger partial charge in [-0.2, -0.15) is 0 Å². The minimum atomic E-state index is -0.575. The highest BCUT2D eigenvalue weighted by Crippen LogP contribution is 2.39. The number of hydrogen-bond donors (Lipinski definition) is 1. The predicted molar refractivity (Wildman–Crippen MR) is 77.1 cm³/mol. The van der Waals surface area contributed by atoms with E-state index < -0.39 is 5.97 Å². The van der Waals surface area contributed by atoms with Crippen LogP contribution in [-0.2, 0) is 4.79 Å². The molecule has 0 bridgehead atoms. The van der Waals surface area contributed by atoms with Crippen LogP contribution in [-0.4, -0.2) is 34.6 Å². The van der Waals surface area contributed by atoms with Crippen molar-refractivity contribution in [2.45, 2.75) is 71.4 Å². The molecule has 0 aromatic rings. The first-order valence-corrected chi connectivity index (χ1v) is 8.01. The normalized spacial score (nSPS) is 31.9. The third-order valence-electron chi connectivity index (χ3n) is 4.84. The standard InChI is InChI=1S/C16H29NO2/c1-4-12-5-8-14(16(18)19)15(9-12)17(10-11(2)3)13-6-7-13/h11-15H,4-10H2,1-3H3,(H,18,19). The van der Waals surface area contributed by atoms with Gasteiger partial charge in [0.1, 0.15) is 0 Å². The van der Waals surface area contributed by atoms with E-state index in [-0.39, 0.29) is 12.0 Å². The van der Waals surface area contributed by atoms with Gasteiger partial charge in [0.05, 0.1) is 5.92 Å². The van der Waals surface area contributed by atoms with Crippen molar-refractivity contribution in [1.82, 2.24) is 4.90 Å². The molecule has 0 saturated heterocycles. The van der Waals surface area contributed by atoms with Gasteiger partial charge in [-0.15, -0.1) is 0 Å². The number of hydrogen-bond acceptors (Lipinski definition) is 2. The van der Waals surface area contributed by atoms with Gasteiger partial charge in [0.25, 0.3) is 0 Å². The lowest BCUT2D eigenvalue weighted by molar-refractivity contribution is -0.146. The van der Waals surface area contributed by atoms with Crippen molar-refractivity contribution in [2.24, 2.45) is 17.8 Å². The lowest BCUT2D eigenvalue weighted by Gasteiger charge is -2.42. The maximum Gasteiger partial charge on any atom is 0.308 e. The van der Waals surface area contributed by atoms with Gasteiger partial charge in [0.2, 0.25) is 0 Å². The number of nitrogens with zero attached hydrogens (tertiary/aromatic N) is 1. The second-order valence-electron chi connectivity index (χ2n) is 6.92. The van der Waals surface area contributed by atoms with E-state index in [2.05, 4.69) is 25.7 Å². The van der Waals surface area contributed by atoms with Crippen molar-refractivity contribution in [1.29, 1.82) is 0 Å². The van der Waals surface area contributed by atoms with Crippen LogP contribution in [0, 0.1) is 17.8 Å². The maximum atomic E-state index is 11.6. The molecular formula is C16H29NO2. The van der Waals surface area contributed by atoms with Crippen LogP contribution in [0.5, 0.6) is 0 Å². The Balaban J connectivity index is 2.11. The fraction of sp³-hybridized carbons (Fsp3) is 0.938. The zero-order valence-corrected chi connectivity index (χ0v) is 12.6. The van der Waals surface area contributed by atoms with Gasteiger partial charge in [-0.1, -0.05) is 27.2 Å². The highest BCUT2D eigenvalue weighted by atomic mass is 16.4. The third-order valence-corrected chi connectivity index (χ3v) is 4.84. The van der Waals surface area contributed by atoms with Crippen LogP contribution in [0.1, 0.15) is 59.3 Å². The van der Waals surface area contributed by atoms with Gasteiger partial charge < -0.3 is 5.11 Å². The summed E-state index contributed by atoms with van der Waals surface area (Å²) >= 11 is 0. The number of carboxylic acid groups (broad SMARTS) is 1. The van der Waals surface area contributed by atoms with Gasteiger partial charge in [-0.05, 0) is 43.9 Å². The molecule has 3 nitrogen and oxygen atoms in total.